The molecule has 8 nitrogen and oxygen atoms in total. The molecular weight excluding hydrogens is 412 g/mol. The van der Waals surface area contributed by atoms with E-state index in [9.17, 15) is 24.8 Å². The summed E-state index contributed by atoms with van der Waals surface area (Å²) in [6.45, 7) is 0. The van der Waals surface area contributed by atoms with Gasteiger partial charge in [0.2, 0.25) is 0 Å². The molecule has 0 aliphatic carbocycles. The number of carbonyl (C=O) groups is 2. The highest BCUT2D eigenvalue weighted by atomic mass is 16.6. The second kappa shape index (κ2) is 8.35. The van der Waals surface area contributed by atoms with Crippen molar-refractivity contribution in [1.29, 1.82) is 0 Å². The number of aliphatic hydroxyl groups excluding tert-OH is 1. The highest BCUT2D eigenvalue weighted by Gasteiger charge is 2.47. The minimum atomic E-state index is -0.983. The third-order valence-electron chi connectivity index (χ3n) is 5.24. The van der Waals surface area contributed by atoms with Gasteiger partial charge in [-0.3, -0.25) is 24.6 Å². The molecule has 3 aromatic carbocycles. The van der Waals surface area contributed by atoms with E-state index in [1.54, 1.807) is 54.6 Å². The molecule has 160 valence electrons. The number of nitro benzene ring substituents is 1. The van der Waals surface area contributed by atoms with Gasteiger partial charge in [0.25, 0.3) is 17.4 Å². The van der Waals surface area contributed by atoms with Crippen molar-refractivity contribution in [2.24, 2.45) is 0 Å². The first-order valence-electron chi connectivity index (χ1n) is 9.67. The van der Waals surface area contributed by atoms with Crippen molar-refractivity contribution in [1.82, 2.24) is 0 Å². The van der Waals surface area contributed by atoms with Crippen LogP contribution in [0.2, 0.25) is 0 Å². The van der Waals surface area contributed by atoms with Crippen molar-refractivity contribution in [3.63, 3.8) is 0 Å². The zero-order chi connectivity index (χ0) is 22.8. The highest BCUT2D eigenvalue weighted by Crippen LogP contribution is 2.43. The van der Waals surface area contributed by atoms with Crippen molar-refractivity contribution >= 4 is 28.8 Å². The second-order valence-corrected chi connectivity index (χ2v) is 7.09. The molecule has 1 aliphatic heterocycles. The van der Waals surface area contributed by atoms with Gasteiger partial charge in [0.05, 0.1) is 23.6 Å². The Kier molecular flexibility index (Phi) is 5.43. The minimum Gasteiger partial charge on any atom is -0.507 e. The van der Waals surface area contributed by atoms with E-state index in [4.69, 9.17) is 4.74 Å². The SMILES string of the molecule is COc1cccc(N2C(=O)C(=O)C(=C(O)c3ccccc3)[C@@H]2c2ccc([N+](=O)[O-])cc2)c1. The largest absolute Gasteiger partial charge is 0.507 e. The van der Waals surface area contributed by atoms with Crippen LogP contribution in [0.3, 0.4) is 0 Å². The van der Waals surface area contributed by atoms with Gasteiger partial charge in [0, 0.05) is 29.4 Å². The first-order chi connectivity index (χ1) is 15.4. The Labute approximate surface area is 183 Å². The Morgan fingerprint density at radius 3 is 2.31 bits per heavy atom. The maximum Gasteiger partial charge on any atom is 0.300 e. The number of aliphatic hydroxyl groups is 1. The number of ketones is 1. The number of methoxy groups -OCH3 is 1. The van der Waals surface area contributed by atoms with Crippen LogP contribution < -0.4 is 9.64 Å². The number of anilines is 1. The summed E-state index contributed by atoms with van der Waals surface area (Å²) in [5, 5.41) is 22.1. The minimum absolute atomic E-state index is 0.0992. The number of amides is 1. The highest BCUT2D eigenvalue weighted by molar-refractivity contribution is 6.51. The molecule has 0 aromatic heterocycles. The Morgan fingerprint density at radius 1 is 1.00 bits per heavy atom. The summed E-state index contributed by atoms with van der Waals surface area (Å²) in [4.78, 5) is 38.0. The maximum absolute atomic E-state index is 13.1. The smallest absolute Gasteiger partial charge is 0.300 e. The van der Waals surface area contributed by atoms with Crippen LogP contribution in [0.4, 0.5) is 11.4 Å². The molecule has 4 rings (SSSR count). The first-order valence-corrected chi connectivity index (χ1v) is 9.67. The van der Waals surface area contributed by atoms with Crippen molar-refractivity contribution in [2.45, 2.75) is 6.04 Å². The third kappa shape index (κ3) is 3.58. The summed E-state index contributed by atoms with van der Waals surface area (Å²) < 4.78 is 5.24. The standard InChI is InChI=1S/C24H18N2O6/c1-32-19-9-5-8-18(14-19)25-21(15-10-12-17(13-11-15)26(30)31)20(23(28)24(25)29)22(27)16-6-3-2-4-7-16/h2-14,21,27H,1H3/t21-/m0/s1. The number of nitrogens with zero attached hydrogens (tertiary/aromatic N) is 2. The summed E-state index contributed by atoms with van der Waals surface area (Å²) >= 11 is 0. The summed E-state index contributed by atoms with van der Waals surface area (Å²) in [5.41, 5.74) is 0.980. The quantitative estimate of drug-likeness (QED) is 0.213. The summed E-state index contributed by atoms with van der Waals surface area (Å²) in [6.07, 6.45) is 0. The predicted octanol–water partition coefficient (Wildman–Crippen LogP) is 4.23. The van der Waals surface area contributed by atoms with Crippen LogP contribution >= 0.6 is 0 Å². The average Bonchev–Trinajstić information content (AvgIpc) is 3.09. The lowest BCUT2D eigenvalue weighted by Crippen LogP contribution is -2.29. The summed E-state index contributed by atoms with van der Waals surface area (Å²) in [5.74, 6) is -1.51. The molecular formula is C24H18N2O6. The van der Waals surface area contributed by atoms with Gasteiger partial charge in [-0.1, -0.05) is 36.4 Å². The molecule has 32 heavy (non-hydrogen) atoms. The fraction of sp³-hybridized carbons (Fsp3) is 0.0833. The number of benzene rings is 3. The van der Waals surface area contributed by atoms with Gasteiger partial charge in [0.1, 0.15) is 11.5 Å². The first kappa shape index (κ1) is 20.8. The molecule has 0 saturated carbocycles. The zero-order valence-electron chi connectivity index (χ0n) is 17.0. The summed E-state index contributed by atoms with van der Waals surface area (Å²) in [7, 11) is 1.48. The number of nitro groups is 1. The van der Waals surface area contributed by atoms with Gasteiger partial charge in [-0.15, -0.1) is 0 Å². The van der Waals surface area contributed by atoms with Crippen LogP contribution in [0.25, 0.3) is 5.76 Å². The molecule has 1 N–H and O–H groups in total. The molecule has 1 amide bonds. The Bertz CT molecular complexity index is 1230. The lowest BCUT2D eigenvalue weighted by Gasteiger charge is -2.25. The number of ether oxygens (including phenoxy) is 1. The van der Waals surface area contributed by atoms with Crippen LogP contribution in [0.1, 0.15) is 17.2 Å². The van der Waals surface area contributed by atoms with E-state index < -0.39 is 22.7 Å². The number of carbonyl (C=O) groups excluding carboxylic acids is 2. The molecule has 0 bridgehead atoms. The van der Waals surface area contributed by atoms with Crippen LogP contribution in [-0.4, -0.2) is 28.8 Å². The van der Waals surface area contributed by atoms with E-state index in [1.807, 2.05) is 0 Å². The maximum atomic E-state index is 13.1. The van der Waals surface area contributed by atoms with Crippen molar-refractivity contribution in [2.75, 3.05) is 12.0 Å². The lowest BCUT2D eigenvalue weighted by atomic mass is 9.95. The van der Waals surface area contributed by atoms with Crippen molar-refractivity contribution in [3.05, 3.63) is 106 Å². The molecule has 1 atom stereocenters. The molecule has 0 unspecified atom stereocenters. The fourth-order valence-electron chi connectivity index (χ4n) is 3.70. The molecule has 3 aromatic rings. The number of rotatable bonds is 5. The van der Waals surface area contributed by atoms with Crippen molar-refractivity contribution in [3.8, 4) is 5.75 Å². The molecule has 0 radical (unpaired) electrons. The Hall–Kier alpha value is -4.46. The van der Waals surface area contributed by atoms with E-state index in [-0.39, 0.29) is 17.0 Å². The number of hydrogen-bond donors (Lipinski definition) is 1. The molecule has 1 heterocycles. The van der Waals surface area contributed by atoms with Crippen molar-refractivity contribution < 1.29 is 24.4 Å². The Balaban J connectivity index is 1.93. The third-order valence-corrected chi connectivity index (χ3v) is 5.24. The number of hydrogen-bond acceptors (Lipinski definition) is 6. The van der Waals surface area contributed by atoms with E-state index in [2.05, 4.69) is 0 Å². The van der Waals surface area contributed by atoms with Gasteiger partial charge in [-0.05, 0) is 29.8 Å². The molecule has 1 saturated heterocycles. The lowest BCUT2D eigenvalue weighted by molar-refractivity contribution is -0.384. The number of Topliss-reactive ketones (excluding diaryl/α,β-unsaturated/α-hetero) is 1. The van der Waals surface area contributed by atoms with E-state index in [0.717, 1.165) is 0 Å². The van der Waals surface area contributed by atoms with Crippen LogP contribution in [-0.2, 0) is 9.59 Å². The number of non-ortho nitro benzene ring substituents is 1. The zero-order valence-corrected chi connectivity index (χ0v) is 17.0. The second-order valence-electron chi connectivity index (χ2n) is 7.09. The van der Waals surface area contributed by atoms with Gasteiger partial charge in [0.15, 0.2) is 0 Å². The normalized spacial score (nSPS) is 17.4. The fourth-order valence-corrected chi connectivity index (χ4v) is 3.70. The summed E-state index contributed by atoms with van der Waals surface area (Å²) in [6, 6.07) is 19.6. The van der Waals surface area contributed by atoms with Crippen LogP contribution in [0.5, 0.6) is 5.75 Å². The van der Waals surface area contributed by atoms with E-state index in [1.165, 1.54) is 36.3 Å². The molecule has 1 fully saturated rings. The molecule has 0 spiro atoms. The van der Waals surface area contributed by atoms with Crippen LogP contribution in [0.15, 0.2) is 84.4 Å². The van der Waals surface area contributed by atoms with Crippen LogP contribution in [0, 0.1) is 10.1 Å². The molecule has 1 aliphatic rings. The monoisotopic (exact) mass is 430 g/mol. The Morgan fingerprint density at radius 2 is 1.69 bits per heavy atom. The van der Waals surface area contributed by atoms with E-state index >= 15 is 0 Å². The van der Waals surface area contributed by atoms with Gasteiger partial charge < -0.3 is 9.84 Å². The average molecular weight is 430 g/mol. The topological polar surface area (TPSA) is 110 Å². The molecule has 8 heteroatoms. The van der Waals surface area contributed by atoms with Gasteiger partial charge in [-0.25, -0.2) is 0 Å². The van der Waals surface area contributed by atoms with Gasteiger partial charge in [-0.2, -0.15) is 0 Å². The predicted molar refractivity (Wildman–Crippen MR) is 117 cm³/mol. The van der Waals surface area contributed by atoms with E-state index in [0.29, 0.717) is 22.6 Å². The van der Waals surface area contributed by atoms with Gasteiger partial charge >= 0.3 is 0 Å².